The average Bonchev–Trinajstić information content (AvgIpc) is 2.28. The Hall–Kier alpha value is -0.770. The number of carboxylic acids is 1. The van der Waals surface area contributed by atoms with Crippen LogP contribution in [-0.2, 0) is 14.3 Å². The number of hydrogen-bond donors (Lipinski definition) is 5. The van der Waals surface area contributed by atoms with Crippen LogP contribution in [-0.4, -0.2) is 75.4 Å². The Kier molecular flexibility index (Phi) is 4.04. The van der Waals surface area contributed by atoms with Crippen molar-refractivity contribution in [3.8, 4) is 0 Å². The first-order valence-electron chi connectivity index (χ1n) is 5.07. The van der Waals surface area contributed by atoms with Gasteiger partial charge in [-0.1, -0.05) is 0 Å². The molecule has 5 N–H and O–H groups in total. The van der Waals surface area contributed by atoms with Gasteiger partial charge < -0.3 is 35.0 Å². The molecule has 16 heavy (non-hydrogen) atoms. The molecule has 1 heterocycles. The molecule has 0 spiro atoms. The predicted molar refractivity (Wildman–Crippen MR) is 47.4 cm³/mol. The number of aliphatic hydroxyl groups is 4. The minimum atomic E-state index is -2.02. The third-order valence-electron chi connectivity index (χ3n) is 2.17. The molecular weight excluding hydrogens is 224 g/mol. The molecule has 1 aliphatic rings. The van der Waals surface area contributed by atoms with Crippen LogP contribution in [0.25, 0.3) is 0 Å². The van der Waals surface area contributed by atoms with Gasteiger partial charge in [-0.15, -0.1) is 0 Å². The van der Waals surface area contributed by atoms with Crippen molar-refractivity contribution in [3.63, 3.8) is 0 Å². The van der Waals surface area contributed by atoms with Crippen molar-refractivity contribution in [1.82, 2.24) is 0 Å². The monoisotopic (exact) mass is 239 g/mol. The normalized spacial score (nSPS) is 42.5. The lowest BCUT2D eigenvalue weighted by Gasteiger charge is -2.39. The highest BCUT2D eigenvalue weighted by Crippen LogP contribution is 2.22. The fraction of sp³-hybridized carbons (Fsp3) is 0.875. The zero-order chi connectivity index (χ0) is 13.2. The molecule has 1 saturated heterocycles. The fourth-order valence-electron chi connectivity index (χ4n) is 1.36. The molecule has 8 nitrogen and oxygen atoms in total. The Balaban J connectivity index is 2.74. The van der Waals surface area contributed by atoms with Gasteiger partial charge in [0.2, 0.25) is 0 Å². The summed E-state index contributed by atoms with van der Waals surface area (Å²) in [5, 5.41) is 45.5. The number of aliphatic hydroxyl groups excluding tert-OH is 4. The molecule has 0 saturated carbocycles. The second-order valence-corrected chi connectivity index (χ2v) is 3.29. The van der Waals surface area contributed by atoms with Crippen LogP contribution in [0.1, 0.15) is 1.37 Å². The van der Waals surface area contributed by atoms with E-state index in [1.54, 1.807) is 0 Å². The topological polar surface area (TPSA) is 137 Å². The first kappa shape index (κ1) is 11.7. The van der Waals surface area contributed by atoms with Crippen molar-refractivity contribution >= 4 is 5.97 Å². The second kappa shape index (κ2) is 5.53. The van der Waals surface area contributed by atoms with E-state index in [9.17, 15) is 20.1 Å². The van der Waals surface area contributed by atoms with E-state index < -0.39 is 49.9 Å². The van der Waals surface area contributed by atoms with Gasteiger partial charge in [0.15, 0.2) is 6.29 Å². The molecule has 0 amide bonds. The van der Waals surface area contributed by atoms with Gasteiger partial charge in [-0.25, -0.2) is 4.79 Å². The van der Waals surface area contributed by atoms with E-state index in [4.69, 9.17) is 11.6 Å². The molecule has 0 radical (unpaired) electrons. The first-order valence-corrected chi connectivity index (χ1v) is 4.49. The molecule has 6 atom stereocenters. The van der Waals surface area contributed by atoms with Crippen molar-refractivity contribution < 1.29 is 41.2 Å². The molecule has 0 aromatic carbocycles. The standard InChI is InChI=1S/C8H14O8/c9-1-3-5(12)7(15-2-4(10)11)6(13)8(14)16-3/h3,5-9,12-14H,1-2H2,(H,10,11)/t3-,5-,6-,7+,8?/m1/s1/i2D/t2?,3-,5-,6-,7+,8?. The van der Waals surface area contributed by atoms with Gasteiger partial charge in [0.05, 0.1) is 7.98 Å². The number of ether oxygens (including phenoxy) is 2. The minimum absolute atomic E-state index is 0.652. The summed E-state index contributed by atoms with van der Waals surface area (Å²) in [5.74, 6) is -1.61. The summed E-state index contributed by atoms with van der Waals surface area (Å²) in [7, 11) is 0. The van der Waals surface area contributed by atoms with Crippen LogP contribution in [0.2, 0.25) is 0 Å². The lowest BCUT2D eigenvalue weighted by molar-refractivity contribution is -0.293. The van der Waals surface area contributed by atoms with Crippen LogP contribution in [0.15, 0.2) is 0 Å². The summed E-state index contributed by atoms with van der Waals surface area (Å²) in [4.78, 5) is 10.4. The maximum Gasteiger partial charge on any atom is 0.329 e. The van der Waals surface area contributed by atoms with Gasteiger partial charge >= 0.3 is 5.97 Å². The van der Waals surface area contributed by atoms with Crippen LogP contribution in [0.5, 0.6) is 0 Å². The highest BCUT2D eigenvalue weighted by molar-refractivity contribution is 5.68. The fourth-order valence-corrected chi connectivity index (χ4v) is 1.36. The van der Waals surface area contributed by atoms with E-state index in [1.807, 2.05) is 0 Å². The zero-order valence-electron chi connectivity index (χ0n) is 9.13. The smallest absolute Gasteiger partial charge is 0.329 e. The largest absolute Gasteiger partial charge is 0.480 e. The summed E-state index contributed by atoms with van der Waals surface area (Å²) >= 11 is 0. The molecule has 8 heteroatoms. The molecule has 1 fully saturated rings. The zero-order valence-corrected chi connectivity index (χ0v) is 8.13. The lowest BCUT2D eigenvalue weighted by Crippen LogP contribution is -2.59. The van der Waals surface area contributed by atoms with Crippen molar-refractivity contribution in [1.29, 1.82) is 0 Å². The van der Waals surface area contributed by atoms with E-state index >= 15 is 0 Å². The van der Waals surface area contributed by atoms with Crippen LogP contribution in [0, 0.1) is 0 Å². The molecule has 2 unspecified atom stereocenters. The number of carbonyl (C=O) groups is 1. The van der Waals surface area contributed by atoms with Gasteiger partial charge in [0.1, 0.15) is 31.0 Å². The maximum absolute atomic E-state index is 10.4. The number of rotatable bonds is 4. The summed E-state index contributed by atoms with van der Waals surface area (Å²) < 4.78 is 16.2. The molecule has 1 aliphatic heterocycles. The van der Waals surface area contributed by atoms with Gasteiger partial charge in [-0.2, -0.15) is 0 Å². The summed E-state index contributed by atoms with van der Waals surface area (Å²) in [5.41, 5.74) is 0. The van der Waals surface area contributed by atoms with Crippen LogP contribution >= 0.6 is 0 Å². The quantitative estimate of drug-likeness (QED) is 0.347. The van der Waals surface area contributed by atoms with Crippen molar-refractivity contribution in [2.24, 2.45) is 0 Å². The molecular formula is C8H14O8. The molecule has 0 aliphatic carbocycles. The van der Waals surface area contributed by atoms with E-state index in [0.29, 0.717) is 0 Å². The van der Waals surface area contributed by atoms with Crippen molar-refractivity contribution in [3.05, 3.63) is 0 Å². The van der Waals surface area contributed by atoms with Crippen molar-refractivity contribution in [2.75, 3.05) is 13.2 Å². The Labute approximate surface area is 92.1 Å². The number of aliphatic carboxylic acids is 1. The van der Waals surface area contributed by atoms with Gasteiger partial charge in [0, 0.05) is 0 Å². The highest BCUT2D eigenvalue weighted by Gasteiger charge is 2.44. The third-order valence-corrected chi connectivity index (χ3v) is 2.17. The summed E-state index contributed by atoms with van der Waals surface area (Å²) in [6.45, 7) is -2.67. The van der Waals surface area contributed by atoms with Gasteiger partial charge in [0.25, 0.3) is 0 Å². The Morgan fingerprint density at radius 2 is 2.00 bits per heavy atom. The lowest BCUT2D eigenvalue weighted by atomic mass is 9.99. The Bertz CT molecular complexity index is 274. The Morgan fingerprint density at radius 3 is 2.50 bits per heavy atom. The van der Waals surface area contributed by atoms with E-state index in [-0.39, 0.29) is 0 Å². The van der Waals surface area contributed by atoms with Crippen LogP contribution in [0.4, 0.5) is 0 Å². The van der Waals surface area contributed by atoms with Crippen LogP contribution in [0.3, 0.4) is 0 Å². The van der Waals surface area contributed by atoms with E-state index in [0.717, 1.165) is 0 Å². The number of carboxylic acid groups (broad SMARTS) is 1. The number of hydrogen-bond acceptors (Lipinski definition) is 7. The molecule has 1 rings (SSSR count). The molecule has 0 aromatic heterocycles. The van der Waals surface area contributed by atoms with E-state index in [1.165, 1.54) is 0 Å². The van der Waals surface area contributed by atoms with Gasteiger partial charge in [-0.05, 0) is 0 Å². The first-order chi connectivity index (χ1) is 7.88. The molecule has 94 valence electrons. The molecule has 0 aromatic rings. The summed E-state index contributed by atoms with van der Waals surface area (Å²) in [6.07, 6.45) is -7.75. The Morgan fingerprint density at radius 1 is 1.38 bits per heavy atom. The molecule has 0 bridgehead atoms. The minimum Gasteiger partial charge on any atom is -0.480 e. The van der Waals surface area contributed by atoms with Gasteiger partial charge in [-0.3, -0.25) is 0 Å². The van der Waals surface area contributed by atoms with E-state index in [2.05, 4.69) is 9.47 Å². The van der Waals surface area contributed by atoms with Crippen molar-refractivity contribution in [2.45, 2.75) is 30.7 Å². The SMILES string of the molecule is [2H]C(O[C@H]1[C@H](O)[C@@H](CO)OC(O)[C@@H]1O)C(=O)O. The third kappa shape index (κ3) is 2.88. The highest BCUT2D eigenvalue weighted by atomic mass is 16.6. The average molecular weight is 239 g/mol. The summed E-state index contributed by atoms with van der Waals surface area (Å²) in [6, 6.07) is 0. The predicted octanol–water partition coefficient (Wildman–Crippen LogP) is -3.11. The van der Waals surface area contributed by atoms with Crippen LogP contribution < -0.4 is 0 Å². The second-order valence-electron chi connectivity index (χ2n) is 3.29. The maximum atomic E-state index is 10.4.